The third kappa shape index (κ3) is 7.06. The first-order chi connectivity index (χ1) is 11.2. The van der Waals surface area contributed by atoms with E-state index in [1.54, 1.807) is 0 Å². The molecule has 1 saturated heterocycles. The SMILES string of the molecule is CCNC(=NCC(O)COCC1CC1)NCC1CCCN1CC. The number of aliphatic imine (C=N–C) groups is 1. The molecule has 2 rings (SSSR count). The Bertz CT molecular complexity index is 361. The lowest BCUT2D eigenvalue weighted by Gasteiger charge is -2.24. The summed E-state index contributed by atoms with van der Waals surface area (Å²) in [7, 11) is 0. The summed E-state index contributed by atoms with van der Waals surface area (Å²) in [5, 5.41) is 16.6. The molecule has 0 aromatic heterocycles. The summed E-state index contributed by atoms with van der Waals surface area (Å²) in [6, 6.07) is 0.593. The summed E-state index contributed by atoms with van der Waals surface area (Å²) in [6.45, 7) is 9.86. The van der Waals surface area contributed by atoms with Crippen molar-refractivity contribution < 1.29 is 9.84 Å². The Labute approximate surface area is 140 Å². The maximum atomic E-state index is 9.96. The quantitative estimate of drug-likeness (QED) is 0.409. The van der Waals surface area contributed by atoms with E-state index >= 15 is 0 Å². The van der Waals surface area contributed by atoms with Crippen molar-refractivity contribution in [2.24, 2.45) is 10.9 Å². The minimum atomic E-state index is -0.525. The molecule has 0 amide bonds. The topological polar surface area (TPSA) is 69.1 Å². The van der Waals surface area contributed by atoms with Crippen molar-refractivity contribution in [1.82, 2.24) is 15.5 Å². The second-order valence-corrected chi connectivity index (χ2v) is 6.66. The normalized spacial score (nSPS) is 24.0. The standard InChI is InChI=1S/C17H34N4O2/c1-3-18-17(19-10-15-6-5-9-21(15)4-2)20-11-16(22)13-23-12-14-7-8-14/h14-16,22H,3-13H2,1-2H3,(H2,18,19,20). The van der Waals surface area contributed by atoms with Crippen LogP contribution in [0.1, 0.15) is 39.5 Å². The van der Waals surface area contributed by atoms with Gasteiger partial charge in [-0.15, -0.1) is 0 Å². The summed E-state index contributed by atoms with van der Waals surface area (Å²) >= 11 is 0. The van der Waals surface area contributed by atoms with Gasteiger partial charge in [-0.3, -0.25) is 9.89 Å². The molecule has 0 aromatic carbocycles. The third-order valence-corrected chi connectivity index (χ3v) is 4.58. The van der Waals surface area contributed by atoms with Gasteiger partial charge in [0.1, 0.15) is 0 Å². The van der Waals surface area contributed by atoms with Crippen LogP contribution in [0.3, 0.4) is 0 Å². The largest absolute Gasteiger partial charge is 0.389 e. The number of guanidine groups is 1. The molecule has 6 nitrogen and oxygen atoms in total. The number of likely N-dealkylation sites (N-methyl/N-ethyl adjacent to an activating group) is 1. The maximum absolute atomic E-state index is 9.96. The number of nitrogens with zero attached hydrogens (tertiary/aromatic N) is 2. The van der Waals surface area contributed by atoms with Crippen LogP contribution in [0.25, 0.3) is 0 Å². The first-order valence-corrected chi connectivity index (χ1v) is 9.25. The van der Waals surface area contributed by atoms with Crippen LogP contribution in [0.2, 0.25) is 0 Å². The molecule has 0 radical (unpaired) electrons. The first kappa shape index (κ1) is 18.5. The average molecular weight is 326 g/mol. The van der Waals surface area contributed by atoms with Crippen LogP contribution >= 0.6 is 0 Å². The Kier molecular flexibility index (Phi) is 8.12. The molecule has 1 heterocycles. The zero-order valence-corrected chi connectivity index (χ0v) is 14.8. The second kappa shape index (κ2) is 10.1. The summed E-state index contributed by atoms with van der Waals surface area (Å²) in [5.41, 5.74) is 0. The highest BCUT2D eigenvalue weighted by molar-refractivity contribution is 5.79. The highest BCUT2D eigenvalue weighted by Crippen LogP contribution is 2.28. The Morgan fingerprint density at radius 1 is 1.30 bits per heavy atom. The first-order valence-electron chi connectivity index (χ1n) is 9.25. The van der Waals surface area contributed by atoms with E-state index in [2.05, 4.69) is 34.4 Å². The van der Waals surface area contributed by atoms with Gasteiger partial charge < -0.3 is 20.5 Å². The zero-order chi connectivity index (χ0) is 16.5. The van der Waals surface area contributed by atoms with E-state index in [0.717, 1.165) is 38.1 Å². The lowest BCUT2D eigenvalue weighted by Crippen LogP contribution is -2.45. The van der Waals surface area contributed by atoms with Gasteiger partial charge in [-0.25, -0.2) is 0 Å². The van der Waals surface area contributed by atoms with Gasteiger partial charge in [0.25, 0.3) is 0 Å². The van der Waals surface area contributed by atoms with Crippen molar-refractivity contribution in [3.05, 3.63) is 0 Å². The van der Waals surface area contributed by atoms with Gasteiger partial charge in [-0.1, -0.05) is 6.92 Å². The number of hydrogen-bond donors (Lipinski definition) is 3. The molecule has 0 aromatic rings. The monoisotopic (exact) mass is 326 g/mol. The fourth-order valence-electron chi connectivity index (χ4n) is 3.00. The van der Waals surface area contributed by atoms with Gasteiger partial charge in [-0.05, 0) is 51.6 Å². The molecule has 1 aliphatic carbocycles. The van der Waals surface area contributed by atoms with Crippen LogP contribution in [0.4, 0.5) is 0 Å². The smallest absolute Gasteiger partial charge is 0.191 e. The van der Waals surface area contributed by atoms with E-state index in [1.807, 2.05) is 0 Å². The van der Waals surface area contributed by atoms with Gasteiger partial charge >= 0.3 is 0 Å². The van der Waals surface area contributed by atoms with E-state index in [-0.39, 0.29) is 0 Å². The van der Waals surface area contributed by atoms with E-state index < -0.39 is 6.10 Å². The van der Waals surface area contributed by atoms with Crippen LogP contribution in [-0.2, 0) is 4.74 Å². The number of hydrogen-bond acceptors (Lipinski definition) is 4. The molecular weight excluding hydrogens is 292 g/mol. The van der Waals surface area contributed by atoms with Crippen LogP contribution in [0, 0.1) is 5.92 Å². The lowest BCUT2D eigenvalue weighted by atomic mass is 10.2. The number of nitrogens with one attached hydrogen (secondary N) is 2. The molecule has 1 saturated carbocycles. The molecule has 6 heteroatoms. The summed E-state index contributed by atoms with van der Waals surface area (Å²) in [4.78, 5) is 7.00. The number of aliphatic hydroxyl groups is 1. The summed E-state index contributed by atoms with van der Waals surface area (Å²) in [6.07, 6.45) is 4.56. The molecule has 2 aliphatic rings. The van der Waals surface area contributed by atoms with Crippen LogP contribution < -0.4 is 10.6 Å². The van der Waals surface area contributed by atoms with Gasteiger partial charge in [0, 0.05) is 25.7 Å². The van der Waals surface area contributed by atoms with Crippen molar-refractivity contribution in [1.29, 1.82) is 0 Å². The predicted octanol–water partition coefficient (Wildman–Crippen LogP) is 0.813. The van der Waals surface area contributed by atoms with Gasteiger partial charge in [-0.2, -0.15) is 0 Å². The minimum absolute atomic E-state index is 0.377. The summed E-state index contributed by atoms with van der Waals surface area (Å²) < 4.78 is 5.51. The van der Waals surface area contributed by atoms with Gasteiger partial charge in [0.15, 0.2) is 5.96 Å². The number of likely N-dealkylation sites (tertiary alicyclic amines) is 1. The van der Waals surface area contributed by atoms with Crippen molar-refractivity contribution in [2.45, 2.75) is 51.7 Å². The van der Waals surface area contributed by atoms with Crippen molar-refractivity contribution in [2.75, 3.05) is 45.9 Å². The number of ether oxygens (including phenoxy) is 1. The second-order valence-electron chi connectivity index (χ2n) is 6.66. The van der Waals surface area contributed by atoms with Gasteiger partial charge in [0.2, 0.25) is 0 Å². The fourth-order valence-corrected chi connectivity index (χ4v) is 3.00. The van der Waals surface area contributed by atoms with Crippen LogP contribution in [0.15, 0.2) is 4.99 Å². The molecular formula is C17H34N4O2. The van der Waals surface area contributed by atoms with E-state index in [0.29, 0.717) is 19.2 Å². The number of rotatable bonds is 10. The molecule has 2 fully saturated rings. The molecule has 3 N–H and O–H groups in total. The van der Waals surface area contributed by atoms with Crippen LogP contribution in [0.5, 0.6) is 0 Å². The maximum Gasteiger partial charge on any atom is 0.191 e. The molecule has 23 heavy (non-hydrogen) atoms. The molecule has 1 aliphatic heterocycles. The highest BCUT2D eigenvalue weighted by Gasteiger charge is 2.23. The number of aliphatic hydroxyl groups excluding tert-OH is 1. The van der Waals surface area contributed by atoms with Crippen LogP contribution in [-0.4, -0.2) is 74.0 Å². The summed E-state index contributed by atoms with van der Waals surface area (Å²) in [5.74, 6) is 1.52. The van der Waals surface area contributed by atoms with Gasteiger partial charge in [0.05, 0.1) is 19.3 Å². The molecule has 2 atom stereocenters. The van der Waals surface area contributed by atoms with E-state index in [1.165, 1.54) is 32.2 Å². The van der Waals surface area contributed by atoms with Crippen molar-refractivity contribution in [3.8, 4) is 0 Å². The Hall–Kier alpha value is -0.850. The predicted molar refractivity (Wildman–Crippen MR) is 93.8 cm³/mol. The van der Waals surface area contributed by atoms with E-state index in [4.69, 9.17) is 4.74 Å². The fraction of sp³-hybridized carbons (Fsp3) is 0.941. The molecule has 2 unspecified atom stereocenters. The Morgan fingerprint density at radius 3 is 2.83 bits per heavy atom. The highest BCUT2D eigenvalue weighted by atomic mass is 16.5. The zero-order valence-electron chi connectivity index (χ0n) is 14.8. The Morgan fingerprint density at radius 2 is 2.13 bits per heavy atom. The molecule has 0 spiro atoms. The van der Waals surface area contributed by atoms with E-state index in [9.17, 15) is 5.11 Å². The average Bonchev–Trinajstić information content (AvgIpc) is 3.26. The minimum Gasteiger partial charge on any atom is -0.389 e. The lowest BCUT2D eigenvalue weighted by molar-refractivity contribution is 0.0368. The van der Waals surface area contributed by atoms with Crippen molar-refractivity contribution >= 4 is 5.96 Å². The van der Waals surface area contributed by atoms with Crippen molar-refractivity contribution in [3.63, 3.8) is 0 Å². The third-order valence-electron chi connectivity index (χ3n) is 4.58. The molecule has 0 bridgehead atoms. The Balaban J connectivity index is 1.67. The molecule has 134 valence electrons.